The van der Waals surface area contributed by atoms with Crippen LogP contribution < -0.4 is 0 Å². The Morgan fingerprint density at radius 3 is 1.67 bits per heavy atom. The van der Waals surface area contributed by atoms with Crippen molar-refractivity contribution >= 4 is 12.4 Å². The summed E-state index contributed by atoms with van der Waals surface area (Å²) in [6, 6.07) is 3.70. The molecule has 0 aliphatic rings. The van der Waals surface area contributed by atoms with Gasteiger partial charge in [0.05, 0.1) is 12.4 Å². The van der Waals surface area contributed by atoms with Gasteiger partial charge in [0, 0.05) is 28.2 Å². The Labute approximate surface area is 89.7 Å². The van der Waals surface area contributed by atoms with Gasteiger partial charge in [-0.25, -0.2) is 0 Å². The van der Waals surface area contributed by atoms with Gasteiger partial charge < -0.3 is 14.4 Å². The summed E-state index contributed by atoms with van der Waals surface area (Å²) in [7, 11) is 7.42. The van der Waals surface area contributed by atoms with E-state index in [0.717, 1.165) is 0 Å². The van der Waals surface area contributed by atoms with Crippen molar-refractivity contribution in [2.45, 2.75) is 0 Å². The van der Waals surface area contributed by atoms with Crippen LogP contribution >= 0.6 is 0 Å². The molecular weight excluding hydrogens is 192 g/mol. The number of hydrazone groups is 2. The van der Waals surface area contributed by atoms with Crippen LogP contribution in [0, 0.1) is 0 Å². The molecule has 0 aliphatic carbocycles. The molecular formula is C10H16N4O. The maximum absolute atomic E-state index is 5.43. The molecule has 5 heteroatoms. The first-order valence-corrected chi connectivity index (χ1v) is 4.60. The predicted molar refractivity (Wildman–Crippen MR) is 61.3 cm³/mol. The zero-order valence-corrected chi connectivity index (χ0v) is 9.51. The van der Waals surface area contributed by atoms with Gasteiger partial charge >= 0.3 is 0 Å². The maximum Gasteiger partial charge on any atom is 0.147 e. The highest BCUT2D eigenvalue weighted by Gasteiger charge is 1.96. The van der Waals surface area contributed by atoms with Gasteiger partial charge in [-0.2, -0.15) is 10.2 Å². The molecule has 82 valence electrons. The van der Waals surface area contributed by atoms with Crippen LogP contribution in [0.4, 0.5) is 0 Å². The molecule has 1 rings (SSSR count). The molecule has 0 saturated heterocycles. The van der Waals surface area contributed by atoms with E-state index in [1.807, 2.05) is 40.3 Å². The minimum atomic E-state index is 0.712. The van der Waals surface area contributed by atoms with E-state index in [-0.39, 0.29) is 0 Å². The van der Waals surface area contributed by atoms with Crippen molar-refractivity contribution in [3.63, 3.8) is 0 Å². The Morgan fingerprint density at radius 2 is 1.33 bits per heavy atom. The zero-order chi connectivity index (χ0) is 11.3. The summed E-state index contributed by atoms with van der Waals surface area (Å²) in [6.07, 6.45) is 3.32. The molecule has 1 aromatic rings. The lowest BCUT2D eigenvalue weighted by Gasteiger charge is -2.01. The van der Waals surface area contributed by atoms with Crippen LogP contribution in [0.3, 0.4) is 0 Å². The first kappa shape index (κ1) is 11.3. The van der Waals surface area contributed by atoms with E-state index in [1.165, 1.54) is 0 Å². The van der Waals surface area contributed by atoms with E-state index in [0.29, 0.717) is 11.5 Å². The standard InChI is InChI=1S/C10H16N4O/c1-13(2)11-7-9-5-6-10(15-9)8-12-14(3)4/h5-8H,1-4H3/b11-7+,12-8+. The molecule has 5 nitrogen and oxygen atoms in total. The molecule has 0 fully saturated rings. The Bertz CT molecular complexity index is 320. The highest BCUT2D eigenvalue weighted by Crippen LogP contribution is 2.03. The molecule has 1 aromatic heterocycles. The summed E-state index contributed by atoms with van der Waals surface area (Å²) >= 11 is 0. The van der Waals surface area contributed by atoms with Crippen LogP contribution in [0.15, 0.2) is 26.8 Å². The summed E-state index contributed by atoms with van der Waals surface area (Å²) < 4.78 is 5.43. The summed E-state index contributed by atoms with van der Waals surface area (Å²) in [6.45, 7) is 0. The lowest BCUT2D eigenvalue weighted by molar-refractivity contribution is 0.435. The first-order chi connectivity index (χ1) is 7.08. The van der Waals surface area contributed by atoms with Crippen molar-refractivity contribution in [2.24, 2.45) is 10.2 Å². The van der Waals surface area contributed by atoms with Gasteiger partial charge in [0.25, 0.3) is 0 Å². The molecule has 0 aromatic carbocycles. The van der Waals surface area contributed by atoms with Gasteiger partial charge in [0.1, 0.15) is 11.5 Å². The molecule has 0 N–H and O–H groups in total. The number of rotatable bonds is 4. The van der Waals surface area contributed by atoms with Gasteiger partial charge in [-0.3, -0.25) is 0 Å². The van der Waals surface area contributed by atoms with Gasteiger partial charge in [-0.05, 0) is 12.1 Å². The molecule has 0 bridgehead atoms. The molecule has 0 amide bonds. The fourth-order valence-corrected chi connectivity index (χ4v) is 0.852. The largest absolute Gasteiger partial charge is 0.454 e. The Balaban J connectivity index is 2.64. The van der Waals surface area contributed by atoms with Crippen LogP contribution in [0.25, 0.3) is 0 Å². The van der Waals surface area contributed by atoms with E-state index in [9.17, 15) is 0 Å². The molecule has 0 aliphatic heterocycles. The summed E-state index contributed by atoms with van der Waals surface area (Å²) in [5.41, 5.74) is 0. The van der Waals surface area contributed by atoms with Gasteiger partial charge in [-0.15, -0.1) is 0 Å². The van der Waals surface area contributed by atoms with Crippen molar-refractivity contribution < 1.29 is 4.42 Å². The average Bonchev–Trinajstić information content (AvgIpc) is 2.59. The van der Waals surface area contributed by atoms with Crippen LogP contribution in [0.1, 0.15) is 11.5 Å². The van der Waals surface area contributed by atoms with E-state index >= 15 is 0 Å². The SMILES string of the molecule is CN(C)/N=C/c1ccc(/C=N/N(C)C)o1. The van der Waals surface area contributed by atoms with Crippen molar-refractivity contribution in [3.05, 3.63) is 23.7 Å². The molecule has 0 spiro atoms. The second-order valence-electron chi connectivity index (χ2n) is 3.42. The monoisotopic (exact) mass is 208 g/mol. The maximum atomic E-state index is 5.43. The van der Waals surface area contributed by atoms with Gasteiger partial charge in [-0.1, -0.05) is 0 Å². The zero-order valence-electron chi connectivity index (χ0n) is 9.51. The molecule has 15 heavy (non-hydrogen) atoms. The lowest BCUT2D eigenvalue weighted by atomic mass is 10.4. The Hall–Kier alpha value is -1.78. The van der Waals surface area contributed by atoms with E-state index in [1.54, 1.807) is 22.4 Å². The third kappa shape index (κ3) is 4.30. The first-order valence-electron chi connectivity index (χ1n) is 4.60. The summed E-state index contributed by atoms with van der Waals surface area (Å²) in [5.74, 6) is 1.42. The molecule has 0 saturated carbocycles. The van der Waals surface area contributed by atoms with Crippen molar-refractivity contribution in [1.29, 1.82) is 0 Å². The van der Waals surface area contributed by atoms with Crippen molar-refractivity contribution in [3.8, 4) is 0 Å². The Morgan fingerprint density at radius 1 is 0.933 bits per heavy atom. The summed E-state index contributed by atoms with van der Waals surface area (Å²) in [5, 5.41) is 11.5. The van der Waals surface area contributed by atoms with Crippen molar-refractivity contribution in [1.82, 2.24) is 10.0 Å². The van der Waals surface area contributed by atoms with Crippen LogP contribution in [0.5, 0.6) is 0 Å². The van der Waals surface area contributed by atoms with E-state index < -0.39 is 0 Å². The third-order valence-corrected chi connectivity index (χ3v) is 1.48. The van der Waals surface area contributed by atoms with E-state index in [4.69, 9.17) is 4.42 Å². The highest BCUT2D eigenvalue weighted by molar-refractivity contribution is 5.80. The highest BCUT2D eigenvalue weighted by atomic mass is 16.3. The topological polar surface area (TPSA) is 44.3 Å². The summed E-state index contributed by atoms with van der Waals surface area (Å²) in [4.78, 5) is 0. The molecule has 0 atom stereocenters. The smallest absolute Gasteiger partial charge is 0.147 e. The molecule has 0 unspecified atom stereocenters. The van der Waals surface area contributed by atoms with Crippen molar-refractivity contribution in [2.75, 3.05) is 28.2 Å². The number of furan rings is 1. The third-order valence-electron chi connectivity index (χ3n) is 1.48. The number of hydrogen-bond donors (Lipinski definition) is 0. The average molecular weight is 208 g/mol. The predicted octanol–water partition coefficient (Wildman–Crippen LogP) is 1.07. The second-order valence-corrected chi connectivity index (χ2v) is 3.42. The quantitative estimate of drug-likeness (QED) is 0.549. The Kier molecular flexibility index (Phi) is 3.91. The fourth-order valence-electron chi connectivity index (χ4n) is 0.852. The number of nitrogens with zero attached hydrogens (tertiary/aromatic N) is 4. The fraction of sp³-hybridized carbons (Fsp3) is 0.400. The molecule has 0 radical (unpaired) electrons. The van der Waals surface area contributed by atoms with Crippen LogP contribution in [-0.4, -0.2) is 50.6 Å². The number of hydrogen-bond acceptors (Lipinski definition) is 5. The van der Waals surface area contributed by atoms with Crippen LogP contribution in [-0.2, 0) is 0 Å². The second kappa shape index (κ2) is 5.19. The minimum Gasteiger partial charge on any atom is -0.454 e. The lowest BCUT2D eigenvalue weighted by Crippen LogP contribution is -2.01. The van der Waals surface area contributed by atoms with Gasteiger partial charge in [0.2, 0.25) is 0 Å². The van der Waals surface area contributed by atoms with Gasteiger partial charge in [0.15, 0.2) is 0 Å². The molecule has 1 heterocycles. The van der Waals surface area contributed by atoms with Crippen LogP contribution in [0.2, 0.25) is 0 Å². The normalized spacial score (nSPS) is 11.5. The van der Waals surface area contributed by atoms with E-state index in [2.05, 4.69) is 10.2 Å². The minimum absolute atomic E-state index is 0.712.